The first-order valence-corrected chi connectivity index (χ1v) is 5.98. The summed E-state index contributed by atoms with van der Waals surface area (Å²) in [5.74, 6) is 0. The molecule has 0 unspecified atom stereocenters. The maximum Gasteiger partial charge on any atom is 0.0146 e. The Morgan fingerprint density at radius 3 is 1.59 bits per heavy atom. The van der Waals surface area contributed by atoms with Crippen LogP contribution in [0.1, 0.15) is 36.1 Å². The van der Waals surface area contributed by atoms with Crippen molar-refractivity contribution in [3.8, 4) is 0 Å². The monoisotopic (exact) mass is 222 g/mol. The molecule has 0 fully saturated rings. The van der Waals surface area contributed by atoms with Crippen LogP contribution in [0.25, 0.3) is 0 Å². The standard InChI is InChI=1S/C17H18/c1-13-7-5-9-15(11-13)17(3,4)16-10-6-8-14(2)12-16/h5-6,9-12H,1-4H3. The van der Waals surface area contributed by atoms with Gasteiger partial charge < -0.3 is 0 Å². The van der Waals surface area contributed by atoms with Gasteiger partial charge in [0.1, 0.15) is 0 Å². The van der Waals surface area contributed by atoms with Gasteiger partial charge in [-0.25, -0.2) is 0 Å². The Balaban J connectivity index is 2.49. The Morgan fingerprint density at radius 2 is 1.24 bits per heavy atom. The van der Waals surface area contributed by atoms with Gasteiger partial charge in [-0.1, -0.05) is 50.2 Å². The second kappa shape index (κ2) is 4.37. The molecule has 0 N–H and O–H groups in total. The van der Waals surface area contributed by atoms with Crippen molar-refractivity contribution < 1.29 is 0 Å². The van der Waals surface area contributed by atoms with E-state index in [1.165, 1.54) is 22.3 Å². The summed E-state index contributed by atoms with van der Waals surface area (Å²) in [4.78, 5) is 0. The summed E-state index contributed by atoms with van der Waals surface area (Å²) >= 11 is 0. The fourth-order valence-electron chi connectivity index (χ4n) is 2.12. The molecule has 17 heavy (non-hydrogen) atoms. The Bertz CT molecular complexity index is 474. The number of benzene rings is 2. The minimum absolute atomic E-state index is 0.0275. The third-order valence-electron chi connectivity index (χ3n) is 3.34. The zero-order valence-corrected chi connectivity index (χ0v) is 11.0. The predicted octanol–water partition coefficient (Wildman–Crippen LogP) is 4.23. The van der Waals surface area contributed by atoms with E-state index < -0.39 is 0 Å². The normalized spacial score (nSPS) is 11.5. The van der Waals surface area contributed by atoms with Gasteiger partial charge in [0.2, 0.25) is 0 Å². The van der Waals surface area contributed by atoms with Crippen LogP contribution in [-0.4, -0.2) is 0 Å². The SMILES string of the molecule is Cc1[c]ccc(C(C)(C)c2cc[c]c(C)c2)c1. The lowest BCUT2D eigenvalue weighted by Gasteiger charge is -2.26. The van der Waals surface area contributed by atoms with Gasteiger partial charge in [-0.2, -0.15) is 0 Å². The molecule has 0 aromatic heterocycles. The van der Waals surface area contributed by atoms with Crippen LogP contribution >= 0.6 is 0 Å². The van der Waals surface area contributed by atoms with Gasteiger partial charge in [0.05, 0.1) is 0 Å². The Morgan fingerprint density at radius 1 is 0.824 bits per heavy atom. The quantitative estimate of drug-likeness (QED) is 0.713. The van der Waals surface area contributed by atoms with E-state index in [0.717, 1.165) is 0 Å². The molecule has 0 spiro atoms. The van der Waals surface area contributed by atoms with Crippen molar-refractivity contribution in [2.75, 3.05) is 0 Å². The molecule has 0 nitrogen and oxygen atoms in total. The van der Waals surface area contributed by atoms with Gasteiger partial charge in [-0.3, -0.25) is 0 Å². The summed E-state index contributed by atoms with van der Waals surface area (Å²) in [6.07, 6.45) is 0. The number of aryl methyl sites for hydroxylation is 2. The molecule has 0 bridgehead atoms. The van der Waals surface area contributed by atoms with Gasteiger partial charge in [0.25, 0.3) is 0 Å². The Hall–Kier alpha value is -1.56. The minimum Gasteiger partial charge on any atom is -0.0575 e. The molecule has 0 saturated carbocycles. The van der Waals surface area contributed by atoms with Crippen molar-refractivity contribution in [1.29, 1.82) is 0 Å². The van der Waals surface area contributed by atoms with Crippen molar-refractivity contribution >= 4 is 0 Å². The van der Waals surface area contributed by atoms with Crippen molar-refractivity contribution in [2.24, 2.45) is 0 Å². The van der Waals surface area contributed by atoms with E-state index in [2.05, 4.69) is 64.1 Å². The molecule has 0 aliphatic carbocycles. The highest BCUT2D eigenvalue weighted by Gasteiger charge is 2.22. The van der Waals surface area contributed by atoms with E-state index in [1.54, 1.807) is 0 Å². The van der Waals surface area contributed by atoms with E-state index in [4.69, 9.17) is 0 Å². The van der Waals surface area contributed by atoms with E-state index >= 15 is 0 Å². The second-order valence-electron chi connectivity index (χ2n) is 5.15. The van der Waals surface area contributed by atoms with Crippen molar-refractivity contribution in [1.82, 2.24) is 0 Å². The van der Waals surface area contributed by atoms with Gasteiger partial charge >= 0.3 is 0 Å². The zero-order valence-electron chi connectivity index (χ0n) is 11.0. The van der Waals surface area contributed by atoms with Crippen LogP contribution in [0.5, 0.6) is 0 Å². The molecule has 0 saturated heterocycles. The molecule has 2 aromatic carbocycles. The Kier molecular flexibility index (Phi) is 3.06. The van der Waals surface area contributed by atoms with Crippen molar-refractivity contribution in [3.05, 3.63) is 70.8 Å². The molecule has 2 radical (unpaired) electrons. The molecule has 0 aliphatic heterocycles. The van der Waals surface area contributed by atoms with Crippen molar-refractivity contribution in [3.63, 3.8) is 0 Å². The van der Waals surface area contributed by atoms with E-state index in [9.17, 15) is 0 Å². The van der Waals surface area contributed by atoms with Crippen molar-refractivity contribution in [2.45, 2.75) is 33.1 Å². The maximum atomic E-state index is 3.20. The molecule has 2 rings (SSSR count). The van der Waals surface area contributed by atoms with Crippen LogP contribution in [0.2, 0.25) is 0 Å². The van der Waals surface area contributed by atoms with Gasteiger partial charge in [-0.15, -0.1) is 0 Å². The van der Waals surface area contributed by atoms with Gasteiger partial charge in [0.15, 0.2) is 0 Å². The second-order valence-corrected chi connectivity index (χ2v) is 5.15. The van der Waals surface area contributed by atoms with E-state index in [1.807, 2.05) is 12.1 Å². The molecule has 0 amide bonds. The van der Waals surface area contributed by atoms with E-state index in [0.29, 0.717) is 0 Å². The first-order chi connectivity index (χ1) is 8.00. The number of hydrogen-bond donors (Lipinski definition) is 0. The molecule has 0 aliphatic rings. The summed E-state index contributed by atoms with van der Waals surface area (Å²) < 4.78 is 0. The zero-order chi connectivity index (χ0) is 12.5. The van der Waals surface area contributed by atoms with Crippen LogP contribution in [0.15, 0.2) is 36.4 Å². The fraction of sp³-hybridized carbons (Fsp3) is 0.294. The average Bonchev–Trinajstić information content (AvgIpc) is 2.29. The van der Waals surface area contributed by atoms with Gasteiger partial charge in [0, 0.05) is 5.41 Å². The van der Waals surface area contributed by atoms with Crippen LogP contribution in [0.4, 0.5) is 0 Å². The van der Waals surface area contributed by atoms with Crippen LogP contribution in [-0.2, 0) is 5.41 Å². The van der Waals surface area contributed by atoms with Crippen LogP contribution in [0.3, 0.4) is 0 Å². The van der Waals surface area contributed by atoms with Crippen LogP contribution < -0.4 is 0 Å². The third kappa shape index (κ3) is 2.41. The average molecular weight is 222 g/mol. The summed E-state index contributed by atoms with van der Waals surface area (Å²) in [5, 5.41) is 0. The molecule has 0 atom stereocenters. The minimum atomic E-state index is 0.0275. The smallest absolute Gasteiger partial charge is 0.0146 e. The Labute approximate surface area is 104 Å². The first kappa shape index (κ1) is 11.9. The molecule has 2 aromatic rings. The van der Waals surface area contributed by atoms with Gasteiger partial charge in [-0.05, 0) is 48.2 Å². The molecule has 0 heteroatoms. The largest absolute Gasteiger partial charge is 0.0575 e. The topological polar surface area (TPSA) is 0 Å². The highest BCUT2D eigenvalue weighted by atomic mass is 14.3. The molecular weight excluding hydrogens is 204 g/mol. The first-order valence-electron chi connectivity index (χ1n) is 5.98. The fourth-order valence-corrected chi connectivity index (χ4v) is 2.12. The lowest BCUT2D eigenvalue weighted by molar-refractivity contribution is 0.639. The lowest BCUT2D eigenvalue weighted by Crippen LogP contribution is -2.19. The highest BCUT2D eigenvalue weighted by molar-refractivity contribution is 5.39. The summed E-state index contributed by atoms with van der Waals surface area (Å²) in [5.41, 5.74) is 5.07. The summed E-state index contributed by atoms with van der Waals surface area (Å²) in [7, 11) is 0. The summed E-state index contributed by atoms with van der Waals surface area (Å²) in [6.45, 7) is 8.69. The summed E-state index contributed by atoms with van der Waals surface area (Å²) in [6, 6.07) is 19.1. The lowest BCUT2D eigenvalue weighted by atomic mass is 9.77. The van der Waals surface area contributed by atoms with Crippen LogP contribution in [0, 0.1) is 26.0 Å². The molecular formula is C17H18. The third-order valence-corrected chi connectivity index (χ3v) is 3.34. The highest BCUT2D eigenvalue weighted by Crippen LogP contribution is 2.31. The predicted molar refractivity (Wildman–Crippen MR) is 72.2 cm³/mol. The number of rotatable bonds is 2. The molecule has 86 valence electrons. The number of hydrogen-bond acceptors (Lipinski definition) is 0. The molecule has 0 heterocycles. The maximum absolute atomic E-state index is 3.20. The van der Waals surface area contributed by atoms with E-state index in [-0.39, 0.29) is 5.41 Å².